The lowest BCUT2D eigenvalue weighted by Crippen LogP contribution is -2.35. The number of nitrogens with one attached hydrogen (secondary N) is 1. The van der Waals surface area contributed by atoms with E-state index in [1.807, 2.05) is 42.5 Å². The summed E-state index contributed by atoms with van der Waals surface area (Å²) in [6.07, 6.45) is 7.24. The molecule has 1 aromatic carbocycles. The van der Waals surface area contributed by atoms with Gasteiger partial charge < -0.3 is 9.73 Å². The number of hydrogen-bond donors (Lipinski definition) is 1. The Hall–Kier alpha value is -2.03. The van der Waals surface area contributed by atoms with Crippen LogP contribution in [0.4, 0.5) is 0 Å². The van der Waals surface area contributed by atoms with Gasteiger partial charge in [0.05, 0.1) is 6.26 Å². The summed E-state index contributed by atoms with van der Waals surface area (Å²) in [5.74, 6) is 1.09. The molecule has 2 aromatic rings. The minimum Gasteiger partial charge on any atom is -0.467 e. The minimum atomic E-state index is -0.198. The lowest BCUT2D eigenvalue weighted by molar-refractivity contribution is -0.126. The first-order valence-electron chi connectivity index (χ1n) is 7.73. The van der Waals surface area contributed by atoms with E-state index in [0.29, 0.717) is 0 Å². The zero-order valence-corrected chi connectivity index (χ0v) is 12.1. The zero-order chi connectivity index (χ0) is 14.5. The van der Waals surface area contributed by atoms with Crippen LogP contribution in [0.25, 0.3) is 0 Å². The van der Waals surface area contributed by atoms with Crippen molar-refractivity contribution in [2.75, 3.05) is 0 Å². The molecule has 1 atom stereocenters. The molecule has 1 fully saturated rings. The zero-order valence-electron chi connectivity index (χ0n) is 12.1. The topological polar surface area (TPSA) is 42.2 Å². The second-order valence-corrected chi connectivity index (χ2v) is 5.70. The normalized spacial score (nSPS) is 17.3. The molecule has 1 aliphatic rings. The monoisotopic (exact) mass is 283 g/mol. The van der Waals surface area contributed by atoms with Gasteiger partial charge in [-0.1, -0.05) is 49.6 Å². The SMILES string of the molecule is O=C(N[C@@H](c1ccccc1)c1ccco1)C1CCCCC1. The van der Waals surface area contributed by atoms with Gasteiger partial charge in [-0.25, -0.2) is 0 Å². The third-order valence-electron chi connectivity index (χ3n) is 4.22. The molecule has 0 unspecified atom stereocenters. The molecule has 0 aliphatic heterocycles. The molecule has 1 aromatic heterocycles. The summed E-state index contributed by atoms with van der Waals surface area (Å²) >= 11 is 0. The van der Waals surface area contributed by atoms with E-state index >= 15 is 0 Å². The van der Waals surface area contributed by atoms with Crippen molar-refractivity contribution in [3.05, 3.63) is 60.1 Å². The van der Waals surface area contributed by atoms with Crippen molar-refractivity contribution < 1.29 is 9.21 Å². The molecule has 3 rings (SSSR count). The second-order valence-electron chi connectivity index (χ2n) is 5.70. The smallest absolute Gasteiger partial charge is 0.223 e. The molecule has 1 aliphatic carbocycles. The van der Waals surface area contributed by atoms with Crippen LogP contribution in [0.15, 0.2) is 53.1 Å². The lowest BCUT2D eigenvalue weighted by Gasteiger charge is -2.24. The summed E-state index contributed by atoms with van der Waals surface area (Å²) in [7, 11) is 0. The summed E-state index contributed by atoms with van der Waals surface area (Å²) in [5.41, 5.74) is 1.05. The van der Waals surface area contributed by atoms with Crippen molar-refractivity contribution in [3.63, 3.8) is 0 Å². The Balaban J connectivity index is 1.78. The molecule has 1 heterocycles. The van der Waals surface area contributed by atoms with Crippen molar-refractivity contribution in [1.29, 1.82) is 0 Å². The standard InChI is InChI=1S/C18H21NO2/c20-18(15-10-5-2-6-11-15)19-17(16-12-7-13-21-16)14-8-3-1-4-9-14/h1,3-4,7-9,12-13,15,17H,2,5-6,10-11H2,(H,19,20)/t17-/m0/s1. The molecule has 0 spiro atoms. The molecule has 21 heavy (non-hydrogen) atoms. The van der Waals surface area contributed by atoms with Crippen LogP contribution < -0.4 is 5.32 Å². The van der Waals surface area contributed by atoms with E-state index in [1.165, 1.54) is 6.42 Å². The number of carbonyl (C=O) groups is 1. The molecule has 0 bridgehead atoms. The highest BCUT2D eigenvalue weighted by Gasteiger charge is 2.25. The van der Waals surface area contributed by atoms with E-state index in [0.717, 1.165) is 37.0 Å². The number of carbonyl (C=O) groups excluding carboxylic acids is 1. The van der Waals surface area contributed by atoms with Crippen molar-refractivity contribution in [1.82, 2.24) is 5.32 Å². The van der Waals surface area contributed by atoms with E-state index < -0.39 is 0 Å². The van der Waals surface area contributed by atoms with Crippen LogP contribution in [-0.4, -0.2) is 5.91 Å². The van der Waals surface area contributed by atoms with E-state index in [9.17, 15) is 4.79 Å². The van der Waals surface area contributed by atoms with E-state index in [2.05, 4.69) is 5.32 Å². The van der Waals surface area contributed by atoms with Crippen LogP contribution >= 0.6 is 0 Å². The average molecular weight is 283 g/mol. The van der Waals surface area contributed by atoms with Crippen molar-refractivity contribution in [2.24, 2.45) is 5.92 Å². The highest BCUT2D eigenvalue weighted by molar-refractivity contribution is 5.79. The second kappa shape index (κ2) is 6.61. The quantitative estimate of drug-likeness (QED) is 0.919. The fourth-order valence-corrected chi connectivity index (χ4v) is 3.04. The molecular formula is C18H21NO2. The van der Waals surface area contributed by atoms with Gasteiger partial charge in [0, 0.05) is 5.92 Å². The maximum Gasteiger partial charge on any atom is 0.223 e. The first kappa shape index (κ1) is 13.9. The van der Waals surface area contributed by atoms with Gasteiger partial charge in [-0.2, -0.15) is 0 Å². The number of furan rings is 1. The minimum absolute atomic E-state index is 0.153. The molecule has 0 radical (unpaired) electrons. The fraction of sp³-hybridized carbons (Fsp3) is 0.389. The van der Waals surface area contributed by atoms with Crippen LogP contribution in [0.2, 0.25) is 0 Å². The Morgan fingerprint density at radius 1 is 1.05 bits per heavy atom. The van der Waals surface area contributed by atoms with Gasteiger partial charge in [0.25, 0.3) is 0 Å². The van der Waals surface area contributed by atoms with Gasteiger partial charge >= 0.3 is 0 Å². The number of hydrogen-bond acceptors (Lipinski definition) is 2. The Kier molecular flexibility index (Phi) is 4.39. The Bertz CT molecular complexity index is 556. The van der Waals surface area contributed by atoms with Gasteiger partial charge in [0.1, 0.15) is 11.8 Å². The lowest BCUT2D eigenvalue weighted by atomic mass is 9.88. The molecule has 1 saturated carbocycles. The van der Waals surface area contributed by atoms with Crippen LogP contribution in [0.3, 0.4) is 0 Å². The Morgan fingerprint density at radius 3 is 2.48 bits per heavy atom. The first-order chi connectivity index (χ1) is 10.3. The van der Waals surface area contributed by atoms with Crippen molar-refractivity contribution in [3.8, 4) is 0 Å². The van der Waals surface area contributed by atoms with Gasteiger partial charge in [0.15, 0.2) is 0 Å². The summed E-state index contributed by atoms with van der Waals surface area (Å²) in [4.78, 5) is 12.5. The molecule has 3 nitrogen and oxygen atoms in total. The van der Waals surface area contributed by atoms with Crippen LogP contribution in [0, 0.1) is 5.92 Å². The summed E-state index contributed by atoms with van der Waals surface area (Å²) in [6.45, 7) is 0. The molecule has 1 N–H and O–H groups in total. The van der Waals surface area contributed by atoms with Gasteiger partial charge in [-0.15, -0.1) is 0 Å². The molecule has 0 saturated heterocycles. The average Bonchev–Trinajstić information content (AvgIpc) is 3.08. The maximum atomic E-state index is 12.5. The van der Waals surface area contributed by atoms with E-state index in [-0.39, 0.29) is 17.9 Å². The van der Waals surface area contributed by atoms with Crippen molar-refractivity contribution >= 4 is 5.91 Å². The highest BCUT2D eigenvalue weighted by Crippen LogP contribution is 2.27. The number of benzene rings is 1. The summed E-state index contributed by atoms with van der Waals surface area (Å²) in [6, 6.07) is 13.6. The maximum absolute atomic E-state index is 12.5. The summed E-state index contributed by atoms with van der Waals surface area (Å²) < 4.78 is 5.52. The third kappa shape index (κ3) is 3.35. The van der Waals surface area contributed by atoms with Crippen LogP contribution in [-0.2, 0) is 4.79 Å². The molecule has 110 valence electrons. The van der Waals surface area contributed by atoms with Gasteiger partial charge in [-0.05, 0) is 30.5 Å². The molecule has 1 amide bonds. The van der Waals surface area contributed by atoms with Gasteiger partial charge in [0.2, 0.25) is 5.91 Å². The number of rotatable bonds is 4. The Morgan fingerprint density at radius 2 is 1.81 bits per heavy atom. The van der Waals surface area contributed by atoms with Crippen molar-refractivity contribution in [2.45, 2.75) is 38.1 Å². The van der Waals surface area contributed by atoms with Gasteiger partial charge in [-0.3, -0.25) is 4.79 Å². The van der Waals surface area contributed by atoms with E-state index in [4.69, 9.17) is 4.42 Å². The predicted octanol–water partition coefficient (Wildman–Crippen LogP) is 4.07. The molecular weight excluding hydrogens is 262 g/mol. The highest BCUT2D eigenvalue weighted by atomic mass is 16.3. The van der Waals surface area contributed by atoms with E-state index in [1.54, 1.807) is 6.26 Å². The third-order valence-corrected chi connectivity index (χ3v) is 4.22. The number of amides is 1. The first-order valence-corrected chi connectivity index (χ1v) is 7.73. The Labute approximate surface area is 125 Å². The largest absolute Gasteiger partial charge is 0.467 e. The predicted molar refractivity (Wildman–Crippen MR) is 81.7 cm³/mol. The summed E-state index contributed by atoms with van der Waals surface area (Å²) in [5, 5.41) is 3.17. The van der Waals surface area contributed by atoms with Crippen LogP contribution in [0.5, 0.6) is 0 Å². The molecule has 3 heteroatoms. The van der Waals surface area contributed by atoms with Crippen LogP contribution in [0.1, 0.15) is 49.5 Å². The fourth-order valence-electron chi connectivity index (χ4n) is 3.04.